The Kier molecular flexibility index (Phi) is 3.83. The van der Waals surface area contributed by atoms with Crippen molar-refractivity contribution in [2.45, 2.75) is 0 Å². The summed E-state index contributed by atoms with van der Waals surface area (Å²) in [6, 6.07) is 13.5. The Morgan fingerprint density at radius 2 is 1.89 bits per heavy atom. The molecule has 1 aromatic carbocycles. The predicted molar refractivity (Wildman–Crippen MR) is 104 cm³/mol. The number of pyridine rings is 2. The number of carbonyl (C=O) groups is 1. The quantitative estimate of drug-likeness (QED) is 0.596. The van der Waals surface area contributed by atoms with Crippen LogP contribution in [0.25, 0.3) is 33.2 Å². The van der Waals surface area contributed by atoms with Crippen LogP contribution in [0.15, 0.2) is 59.3 Å². The molecule has 134 valence electrons. The van der Waals surface area contributed by atoms with Gasteiger partial charge in [0.05, 0.1) is 11.1 Å². The van der Waals surface area contributed by atoms with E-state index in [-0.39, 0.29) is 5.91 Å². The zero-order valence-electron chi connectivity index (χ0n) is 14.7. The molecule has 0 saturated carbocycles. The number of furan rings is 1. The predicted octanol–water partition coefficient (Wildman–Crippen LogP) is 3.09. The van der Waals surface area contributed by atoms with Crippen molar-refractivity contribution >= 4 is 27.8 Å². The zero-order chi connectivity index (χ0) is 18.2. The van der Waals surface area contributed by atoms with Gasteiger partial charge in [0.1, 0.15) is 17.0 Å². The summed E-state index contributed by atoms with van der Waals surface area (Å²) in [4.78, 5) is 23.7. The molecule has 1 amide bonds. The van der Waals surface area contributed by atoms with Gasteiger partial charge in [-0.2, -0.15) is 0 Å². The summed E-state index contributed by atoms with van der Waals surface area (Å²) in [7, 11) is 0. The van der Waals surface area contributed by atoms with Crippen LogP contribution in [0, 0.1) is 0 Å². The standard InChI is InChI=1S/C21H18N4O2/c26-21(25-9-7-22-8-10-25)17-6-5-15-12-23-13-16(20(15)24-17)19-11-14-3-1-2-4-18(14)27-19/h1-6,11-13,22H,7-10H2. The van der Waals surface area contributed by atoms with Crippen molar-refractivity contribution < 1.29 is 9.21 Å². The van der Waals surface area contributed by atoms with Gasteiger partial charge in [0, 0.05) is 49.3 Å². The molecule has 4 aromatic rings. The van der Waals surface area contributed by atoms with Gasteiger partial charge in [0.15, 0.2) is 0 Å². The molecular formula is C21H18N4O2. The first-order valence-corrected chi connectivity index (χ1v) is 9.03. The first kappa shape index (κ1) is 16.0. The van der Waals surface area contributed by atoms with Crippen LogP contribution in [-0.4, -0.2) is 47.0 Å². The van der Waals surface area contributed by atoms with Crippen LogP contribution in [-0.2, 0) is 0 Å². The highest BCUT2D eigenvalue weighted by Crippen LogP contribution is 2.31. The normalized spacial score (nSPS) is 14.7. The van der Waals surface area contributed by atoms with Crippen molar-refractivity contribution in [3.63, 3.8) is 0 Å². The van der Waals surface area contributed by atoms with Gasteiger partial charge in [-0.05, 0) is 24.3 Å². The minimum absolute atomic E-state index is 0.0363. The summed E-state index contributed by atoms with van der Waals surface area (Å²) in [6.07, 6.45) is 3.50. The van der Waals surface area contributed by atoms with Crippen LogP contribution in [0.3, 0.4) is 0 Å². The first-order chi connectivity index (χ1) is 13.3. The number of fused-ring (bicyclic) bond motifs is 2. The minimum Gasteiger partial charge on any atom is -0.456 e. The van der Waals surface area contributed by atoms with Gasteiger partial charge in [-0.25, -0.2) is 4.98 Å². The molecule has 6 heteroatoms. The molecule has 1 N–H and O–H groups in total. The highest BCUT2D eigenvalue weighted by Gasteiger charge is 2.20. The van der Waals surface area contributed by atoms with Gasteiger partial charge in [0.25, 0.3) is 5.91 Å². The van der Waals surface area contributed by atoms with E-state index in [1.54, 1.807) is 18.5 Å². The fourth-order valence-corrected chi connectivity index (χ4v) is 3.49. The minimum atomic E-state index is -0.0363. The Bertz CT molecular complexity index is 1110. The lowest BCUT2D eigenvalue weighted by Gasteiger charge is -2.27. The summed E-state index contributed by atoms with van der Waals surface area (Å²) in [5, 5.41) is 5.16. The van der Waals surface area contributed by atoms with Gasteiger partial charge in [-0.15, -0.1) is 0 Å². The van der Waals surface area contributed by atoms with E-state index in [2.05, 4.69) is 15.3 Å². The average molecular weight is 358 g/mol. The number of hydrogen-bond acceptors (Lipinski definition) is 5. The van der Waals surface area contributed by atoms with Crippen LogP contribution >= 0.6 is 0 Å². The molecule has 1 aliphatic rings. The summed E-state index contributed by atoms with van der Waals surface area (Å²) < 4.78 is 6.00. The van der Waals surface area contributed by atoms with E-state index in [0.717, 1.165) is 40.5 Å². The van der Waals surface area contributed by atoms with Gasteiger partial charge >= 0.3 is 0 Å². The summed E-state index contributed by atoms with van der Waals surface area (Å²) in [5.74, 6) is 0.666. The number of carbonyl (C=O) groups excluding carboxylic acids is 1. The smallest absolute Gasteiger partial charge is 0.272 e. The molecule has 0 bridgehead atoms. The van der Waals surface area contributed by atoms with Crippen molar-refractivity contribution in [1.29, 1.82) is 0 Å². The van der Waals surface area contributed by atoms with E-state index in [1.165, 1.54) is 0 Å². The Labute approximate surface area is 155 Å². The molecule has 0 spiro atoms. The van der Waals surface area contributed by atoms with Gasteiger partial charge < -0.3 is 14.6 Å². The maximum atomic E-state index is 12.8. The third-order valence-electron chi connectivity index (χ3n) is 4.91. The van der Waals surface area contributed by atoms with E-state index >= 15 is 0 Å². The number of rotatable bonds is 2. The number of para-hydroxylation sites is 1. The third-order valence-corrected chi connectivity index (χ3v) is 4.91. The fourth-order valence-electron chi connectivity index (χ4n) is 3.49. The van der Waals surface area contributed by atoms with Crippen molar-refractivity contribution in [3.05, 3.63) is 60.6 Å². The molecule has 6 nitrogen and oxygen atoms in total. The number of amides is 1. The third kappa shape index (κ3) is 2.84. The molecular weight excluding hydrogens is 340 g/mol. The summed E-state index contributed by atoms with van der Waals surface area (Å²) in [6.45, 7) is 3.03. The molecule has 0 radical (unpaired) electrons. The van der Waals surface area contributed by atoms with E-state index in [0.29, 0.717) is 24.5 Å². The summed E-state index contributed by atoms with van der Waals surface area (Å²) in [5.41, 5.74) is 2.79. The first-order valence-electron chi connectivity index (χ1n) is 9.03. The molecule has 4 heterocycles. The second-order valence-electron chi connectivity index (χ2n) is 6.65. The van der Waals surface area contributed by atoms with Gasteiger partial charge in [-0.3, -0.25) is 9.78 Å². The van der Waals surface area contributed by atoms with Crippen LogP contribution in [0.4, 0.5) is 0 Å². The molecule has 0 unspecified atom stereocenters. The highest BCUT2D eigenvalue weighted by molar-refractivity contribution is 5.99. The number of piperazine rings is 1. The van der Waals surface area contributed by atoms with Crippen LogP contribution < -0.4 is 5.32 Å². The topological polar surface area (TPSA) is 71.3 Å². The number of nitrogens with zero attached hydrogens (tertiary/aromatic N) is 3. The van der Waals surface area contributed by atoms with Crippen LogP contribution in [0.2, 0.25) is 0 Å². The zero-order valence-corrected chi connectivity index (χ0v) is 14.7. The monoisotopic (exact) mass is 358 g/mol. The largest absolute Gasteiger partial charge is 0.456 e. The molecule has 27 heavy (non-hydrogen) atoms. The summed E-state index contributed by atoms with van der Waals surface area (Å²) >= 11 is 0. The molecule has 1 saturated heterocycles. The molecule has 3 aromatic heterocycles. The van der Waals surface area contributed by atoms with Crippen molar-refractivity contribution in [2.75, 3.05) is 26.2 Å². The van der Waals surface area contributed by atoms with Crippen molar-refractivity contribution in [3.8, 4) is 11.3 Å². The second-order valence-corrected chi connectivity index (χ2v) is 6.65. The average Bonchev–Trinajstić information content (AvgIpc) is 3.17. The Morgan fingerprint density at radius 3 is 2.74 bits per heavy atom. The molecule has 0 atom stereocenters. The van der Waals surface area contributed by atoms with Crippen molar-refractivity contribution in [1.82, 2.24) is 20.2 Å². The fraction of sp³-hybridized carbons (Fsp3) is 0.190. The number of benzene rings is 1. The molecule has 0 aliphatic carbocycles. The second kappa shape index (κ2) is 6.48. The Balaban J connectivity index is 1.61. The van der Waals surface area contributed by atoms with Gasteiger partial charge in [-0.1, -0.05) is 18.2 Å². The lowest BCUT2D eigenvalue weighted by Crippen LogP contribution is -2.46. The Hall–Kier alpha value is -3.25. The lowest BCUT2D eigenvalue weighted by atomic mass is 10.1. The maximum absolute atomic E-state index is 12.8. The van der Waals surface area contributed by atoms with E-state index in [9.17, 15) is 4.79 Å². The SMILES string of the molecule is O=C(c1ccc2cncc(-c3cc4ccccc4o3)c2n1)N1CCNCC1. The van der Waals surface area contributed by atoms with Crippen LogP contribution in [0.5, 0.6) is 0 Å². The van der Waals surface area contributed by atoms with E-state index in [4.69, 9.17) is 4.42 Å². The highest BCUT2D eigenvalue weighted by atomic mass is 16.3. The number of nitrogens with one attached hydrogen (secondary N) is 1. The maximum Gasteiger partial charge on any atom is 0.272 e. The molecule has 5 rings (SSSR count). The van der Waals surface area contributed by atoms with E-state index in [1.807, 2.05) is 41.3 Å². The van der Waals surface area contributed by atoms with E-state index < -0.39 is 0 Å². The number of hydrogen-bond donors (Lipinski definition) is 1. The lowest BCUT2D eigenvalue weighted by molar-refractivity contribution is 0.0730. The van der Waals surface area contributed by atoms with Crippen molar-refractivity contribution in [2.24, 2.45) is 0 Å². The number of aromatic nitrogens is 2. The van der Waals surface area contributed by atoms with Gasteiger partial charge in [0.2, 0.25) is 0 Å². The Morgan fingerprint density at radius 1 is 1.04 bits per heavy atom. The molecule has 1 aliphatic heterocycles. The molecule has 1 fully saturated rings. The van der Waals surface area contributed by atoms with Crippen LogP contribution in [0.1, 0.15) is 10.5 Å².